The molecule has 0 fully saturated rings. The van der Waals surface area contributed by atoms with Crippen molar-refractivity contribution in [3.63, 3.8) is 0 Å². The Labute approximate surface area is 106 Å². The third-order valence-electron chi connectivity index (χ3n) is 2.22. The van der Waals surface area contributed by atoms with Gasteiger partial charge in [-0.25, -0.2) is 9.37 Å². The first-order valence-electron chi connectivity index (χ1n) is 5.08. The number of hydrogen-bond donors (Lipinski definition) is 0. The first kappa shape index (κ1) is 12.4. The molecule has 0 aliphatic rings. The van der Waals surface area contributed by atoms with E-state index in [0.29, 0.717) is 0 Å². The van der Waals surface area contributed by atoms with Crippen molar-refractivity contribution in [2.75, 3.05) is 0 Å². The lowest BCUT2D eigenvalue weighted by molar-refractivity contribution is -0.385. The molecule has 19 heavy (non-hydrogen) atoms. The molecular formula is C12H6FN3O3. The van der Waals surface area contributed by atoms with Crippen molar-refractivity contribution in [1.82, 2.24) is 4.98 Å². The largest absolute Gasteiger partial charge is 0.430 e. The summed E-state index contributed by atoms with van der Waals surface area (Å²) >= 11 is 0. The molecule has 94 valence electrons. The second-order valence-electron chi connectivity index (χ2n) is 3.44. The number of nitriles is 1. The number of nitro groups is 1. The Balaban J connectivity index is 2.44. The van der Waals surface area contributed by atoms with Crippen LogP contribution in [-0.2, 0) is 0 Å². The maximum atomic E-state index is 13.0. The Morgan fingerprint density at radius 3 is 2.89 bits per heavy atom. The summed E-state index contributed by atoms with van der Waals surface area (Å²) in [4.78, 5) is 13.8. The van der Waals surface area contributed by atoms with Crippen molar-refractivity contribution < 1.29 is 14.1 Å². The van der Waals surface area contributed by atoms with Gasteiger partial charge >= 0.3 is 5.69 Å². The maximum absolute atomic E-state index is 13.0. The minimum atomic E-state index is -0.770. The zero-order valence-corrected chi connectivity index (χ0v) is 9.41. The normalized spacial score (nSPS) is 9.68. The molecule has 0 radical (unpaired) electrons. The van der Waals surface area contributed by atoms with Gasteiger partial charge in [0.1, 0.15) is 17.4 Å². The topological polar surface area (TPSA) is 89.0 Å². The van der Waals surface area contributed by atoms with Crippen LogP contribution in [0.1, 0.15) is 5.56 Å². The van der Waals surface area contributed by atoms with Crippen molar-refractivity contribution >= 4 is 5.69 Å². The number of pyridine rings is 1. The Bertz CT molecular complexity index is 682. The van der Waals surface area contributed by atoms with Crippen LogP contribution >= 0.6 is 0 Å². The smallest absolute Gasteiger partial charge is 0.314 e. The fourth-order valence-corrected chi connectivity index (χ4v) is 1.38. The van der Waals surface area contributed by atoms with Gasteiger partial charge in [-0.2, -0.15) is 5.26 Å². The van der Waals surface area contributed by atoms with Crippen LogP contribution in [0.2, 0.25) is 0 Å². The molecule has 0 bridgehead atoms. The van der Waals surface area contributed by atoms with E-state index in [0.717, 1.165) is 18.2 Å². The van der Waals surface area contributed by atoms with Gasteiger partial charge in [0.25, 0.3) is 0 Å². The lowest BCUT2D eigenvalue weighted by Crippen LogP contribution is -1.96. The summed E-state index contributed by atoms with van der Waals surface area (Å²) in [6.45, 7) is 0. The molecule has 7 heteroatoms. The van der Waals surface area contributed by atoms with Crippen LogP contribution in [0.4, 0.5) is 10.1 Å². The predicted octanol–water partition coefficient (Wildman–Crippen LogP) is 2.79. The van der Waals surface area contributed by atoms with Gasteiger partial charge in [-0.3, -0.25) is 10.1 Å². The predicted molar refractivity (Wildman–Crippen MR) is 62.1 cm³/mol. The number of benzene rings is 1. The second kappa shape index (κ2) is 5.10. The molecule has 0 spiro atoms. The highest BCUT2D eigenvalue weighted by atomic mass is 19.1. The Morgan fingerprint density at radius 2 is 2.21 bits per heavy atom. The highest BCUT2D eigenvalue weighted by molar-refractivity contribution is 5.49. The van der Waals surface area contributed by atoms with E-state index in [1.165, 1.54) is 18.3 Å². The molecule has 1 aromatic carbocycles. The fourth-order valence-electron chi connectivity index (χ4n) is 1.38. The lowest BCUT2D eigenvalue weighted by Gasteiger charge is -2.06. The van der Waals surface area contributed by atoms with E-state index < -0.39 is 16.4 Å². The molecule has 0 aliphatic heterocycles. The zero-order valence-electron chi connectivity index (χ0n) is 9.41. The summed E-state index contributed by atoms with van der Waals surface area (Å²) in [5.41, 5.74) is -0.407. The van der Waals surface area contributed by atoms with E-state index in [1.807, 2.05) is 6.07 Å². The van der Waals surface area contributed by atoms with Gasteiger partial charge in [0.2, 0.25) is 11.6 Å². The monoisotopic (exact) mass is 259 g/mol. The van der Waals surface area contributed by atoms with Crippen molar-refractivity contribution in [3.05, 3.63) is 58.0 Å². The van der Waals surface area contributed by atoms with Crippen LogP contribution in [0.5, 0.6) is 11.6 Å². The third-order valence-corrected chi connectivity index (χ3v) is 2.22. The van der Waals surface area contributed by atoms with Gasteiger partial charge in [0.15, 0.2) is 0 Å². The number of aromatic nitrogens is 1. The highest BCUT2D eigenvalue weighted by Gasteiger charge is 2.18. The molecule has 0 atom stereocenters. The lowest BCUT2D eigenvalue weighted by atomic mass is 10.2. The Morgan fingerprint density at radius 1 is 1.42 bits per heavy atom. The number of nitro benzene ring substituents is 1. The number of nitrogens with zero attached hydrogens (tertiary/aromatic N) is 3. The van der Waals surface area contributed by atoms with E-state index in [-0.39, 0.29) is 17.2 Å². The Kier molecular flexibility index (Phi) is 3.34. The Hall–Kier alpha value is -3.01. The van der Waals surface area contributed by atoms with Gasteiger partial charge in [-0.05, 0) is 24.3 Å². The molecule has 2 rings (SSSR count). The minimum Gasteiger partial charge on any atom is -0.430 e. The average Bonchev–Trinajstić information content (AvgIpc) is 2.41. The summed E-state index contributed by atoms with van der Waals surface area (Å²) in [7, 11) is 0. The van der Waals surface area contributed by atoms with E-state index in [1.54, 1.807) is 0 Å². The van der Waals surface area contributed by atoms with Crippen LogP contribution in [-0.4, -0.2) is 9.91 Å². The van der Waals surface area contributed by atoms with E-state index in [4.69, 9.17) is 10.00 Å². The molecule has 0 unspecified atom stereocenters. The van der Waals surface area contributed by atoms with Crippen LogP contribution in [0.3, 0.4) is 0 Å². The van der Waals surface area contributed by atoms with Crippen molar-refractivity contribution in [2.45, 2.75) is 0 Å². The zero-order chi connectivity index (χ0) is 13.8. The van der Waals surface area contributed by atoms with E-state index >= 15 is 0 Å². The molecule has 6 nitrogen and oxygen atoms in total. The van der Waals surface area contributed by atoms with E-state index in [9.17, 15) is 14.5 Å². The maximum Gasteiger partial charge on any atom is 0.314 e. The SMILES string of the molecule is N#Cc1cccnc1Oc1ccc(F)cc1[N+](=O)[O-]. The van der Waals surface area contributed by atoms with Crippen LogP contribution in [0.15, 0.2) is 36.5 Å². The molecule has 0 saturated carbocycles. The number of ether oxygens (including phenoxy) is 1. The van der Waals surface area contributed by atoms with Gasteiger partial charge in [0, 0.05) is 6.20 Å². The van der Waals surface area contributed by atoms with E-state index in [2.05, 4.69) is 4.98 Å². The molecule has 1 heterocycles. The van der Waals surface area contributed by atoms with Crippen molar-refractivity contribution in [1.29, 1.82) is 5.26 Å². The standard InChI is InChI=1S/C12H6FN3O3/c13-9-3-4-11(10(6-9)16(17)18)19-12-8(7-14)2-1-5-15-12/h1-6H. The van der Waals surface area contributed by atoms with Gasteiger partial charge in [-0.15, -0.1) is 0 Å². The third kappa shape index (κ3) is 2.63. The fraction of sp³-hybridized carbons (Fsp3) is 0. The summed E-state index contributed by atoms with van der Waals surface area (Å²) < 4.78 is 18.2. The van der Waals surface area contributed by atoms with Crippen LogP contribution < -0.4 is 4.74 Å². The molecule has 0 aliphatic carbocycles. The number of halogens is 1. The van der Waals surface area contributed by atoms with Crippen LogP contribution in [0, 0.1) is 27.3 Å². The van der Waals surface area contributed by atoms with Crippen molar-refractivity contribution in [3.8, 4) is 17.7 Å². The quantitative estimate of drug-likeness (QED) is 0.624. The van der Waals surface area contributed by atoms with Gasteiger partial charge < -0.3 is 4.74 Å². The summed E-state index contributed by atoms with van der Waals surface area (Å²) in [6.07, 6.45) is 1.38. The molecule has 0 N–H and O–H groups in total. The first-order valence-corrected chi connectivity index (χ1v) is 5.08. The first-order chi connectivity index (χ1) is 9.11. The van der Waals surface area contributed by atoms with Gasteiger partial charge in [-0.1, -0.05) is 0 Å². The molecule has 1 aromatic heterocycles. The van der Waals surface area contributed by atoms with Crippen LogP contribution in [0.25, 0.3) is 0 Å². The summed E-state index contributed by atoms with van der Waals surface area (Å²) in [6, 6.07) is 7.71. The summed E-state index contributed by atoms with van der Waals surface area (Å²) in [5.74, 6) is -0.998. The number of rotatable bonds is 3. The molecule has 2 aromatic rings. The minimum absolute atomic E-state index is 0.0697. The molecular weight excluding hydrogens is 253 g/mol. The van der Waals surface area contributed by atoms with Crippen molar-refractivity contribution in [2.24, 2.45) is 0 Å². The molecule has 0 saturated heterocycles. The average molecular weight is 259 g/mol. The van der Waals surface area contributed by atoms with Gasteiger partial charge in [0.05, 0.1) is 11.0 Å². The highest BCUT2D eigenvalue weighted by Crippen LogP contribution is 2.31. The second-order valence-corrected chi connectivity index (χ2v) is 3.44. The number of hydrogen-bond acceptors (Lipinski definition) is 5. The summed E-state index contributed by atoms with van der Waals surface area (Å²) in [5, 5.41) is 19.6. The molecule has 0 amide bonds.